The minimum atomic E-state index is -0.164. The van der Waals surface area contributed by atoms with E-state index in [0.29, 0.717) is 6.42 Å². The molecule has 1 heterocycles. The standard InChI is InChI=1S/C8H15NO3.H2O/c1-6-4-7(9-11-3)5-8(10-2)12-6;/h6,8H,4-5H2,1-3H3;1H2/b9-7+;/t6-,8?;/m1./s1. The molecule has 2 atom stereocenters. The molecule has 78 valence electrons. The quantitative estimate of drug-likeness (QED) is 0.591. The second-order valence-electron chi connectivity index (χ2n) is 2.86. The molecule has 1 saturated heterocycles. The molecule has 5 nitrogen and oxygen atoms in total. The minimum Gasteiger partial charge on any atom is -0.412 e. The van der Waals surface area contributed by atoms with Gasteiger partial charge in [-0.3, -0.25) is 0 Å². The first-order valence-electron chi connectivity index (χ1n) is 4.03. The van der Waals surface area contributed by atoms with Crippen molar-refractivity contribution in [3.05, 3.63) is 0 Å². The van der Waals surface area contributed by atoms with E-state index in [1.165, 1.54) is 0 Å². The molecular weight excluding hydrogens is 174 g/mol. The van der Waals surface area contributed by atoms with Crippen LogP contribution in [0.5, 0.6) is 0 Å². The van der Waals surface area contributed by atoms with Crippen LogP contribution in [0.3, 0.4) is 0 Å². The molecule has 1 rings (SSSR count). The third kappa shape index (κ3) is 3.71. The summed E-state index contributed by atoms with van der Waals surface area (Å²) in [5.41, 5.74) is 1.00. The summed E-state index contributed by atoms with van der Waals surface area (Å²) in [6.45, 7) is 2.00. The van der Waals surface area contributed by atoms with E-state index in [0.717, 1.165) is 12.1 Å². The summed E-state index contributed by atoms with van der Waals surface area (Å²) in [7, 11) is 3.18. The van der Waals surface area contributed by atoms with Gasteiger partial charge in [-0.25, -0.2) is 0 Å². The average molecular weight is 191 g/mol. The van der Waals surface area contributed by atoms with Crippen molar-refractivity contribution in [2.45, 2.75) is 32.2 Å². The van der Waals surface area contributed by atoms with E-state index in [2.05, 4.69) is 5.16 Å². The van der Waals surface area contributed by atoms with Crippen LogP contribution in [0.1, 0.15) is 19.8 Å². The topological polar surface area (TPSA) is 71.5 Å². The second kappa shape index (κ2) is 5.90. The average Bonchev–Trinajstić information content (AvgIpc) is 2.04. The third-order valence-corrected chi connectivity index (χ3v) is 1.79. The van der Waals surface area contributed by atoms with Gasteiger partial charge in [0, 0.05) is 20.0 Å². The summed E-state index contributed by atoms with van der Waals surface area (Å²) in [5, 5.41) is 3.89. The predicted octanol–water partition coefficient (Wildman–Crippen LogP) is 0.336. The maximum atomic E-state index is 5.45. The Morgan fingerprint density at radius 2 is 2.08 bits per heavy atom. The van der Waals surface area contributed by atoms with E-state index in [-0.39, 0.29) is 17.9 Å². The van der Waals surface area contributed by atoms with Crippen molar-refractivity contribution in [1.82, 2.24) is 0 Å². The molecule has 0 aliphatic carbocycles. The van der Waals surface area contributed by atoms with Gasteiger partial charge in [0.05, 0.1) is 11.8 Å². The summed E-state index contributed by atoms with van der Waals surface area (Å²) in [5.74, 6) is 0. The molecule has 0 spiro atoms. The first-order valence-corrected chi connectivity index (χ1v) is 4.03. The molecule has 13 heavy (non-hydrogen) atoms. The van der Waals surface area contributed by atoms with Crippen molar-refractivity contribution in [3.63, 3.8) is 0 Å². The zero-order valence-electron chi connectivity index (χ0n) is 8.24. The molecule has 0 amide bonds. The SMILES string of the molecule is CO/N=C1/CC(OC)O[C@H](C)C1.O. The Kier molecular flexibility index (Phi) is 5.61. The van der Waals surface area contributed by atoms with Gasteiger partial charge in [-0.05, 0) is 6.92 Å². The van der Waals surface area contributed by atoms with Crippen LogP contribution in [0.4, 0.5) is 0 Å². The summed E-state index contributed by atoms with van der Waals surface area (Å²) in [4.78, 5) is 4.70. The van der Waals surface area contributed by atoms with E-state index in [1.54, 1.807) is 14.2 Å². The normalized spacial score (nSPS) is 31.2. The lowest BCUT2D eigenvalue weighted by Gasteiger charge is -2.27. The zero-order valence-corrected chi connectivity index (χ0v) is 8.24. The summed E-state index contributed by atoms with van der Waals surface area (Å²) < 4.78 is 10.5. The monoisotopic (exact) mass is 191 g/mol. The van der Waals surface area contributed by atoms with Crippen LogP contribution >= 0.6 is 0 Å². The predicted molar refractivity (Wildman–Crippen MR) is 48.6 cm³/mol. The van der Waals surface area contributed by atoms with Gasteiger partial charge in [-0.2, -0.15) is 0 Å². The zero-order chi connectivity index (χ0) is 8.97. The first kappa shape index (κ1) is 12.3. The van der Waals surface area contributed by atoms with Crippen molar-refractivity contribution >= 4 is 5.71 Å². The Hall–Kier alpha value is -0.650. The number of ether oxygens (including phenoxy) is 2. The van der Waals surface area contributed by atoms with Gasteiger partial charge >= 0.3 is 0 Å². The Morgan fingerprint density at radius 1 is 1.38 bits per heavy atom. The number of oxime groups is 1. The van der Waals surface area contributed by atoms with Crippen molar-refractivity contribution < 1.29 is 19.8 Å². The van der Waals surface area contributed by atoms with E-state index >= 15 is 0 Å². The fourth-order valence-electron chi connectivity index (χ4n) is 1.31. The van der Waals surface area contributed by atoms with E-state index < -0.39 is 0 Å². The molecule has 0 aromatic heterocycles. The highest BCUT2D eigenvalue weighted by Crippen LogP contribution is 2.17. The minimum absolute atomic E-state index is 0. The van der Waals surface area contributed by atoms with E-state index in [9.17, 15) is 0 Å². The van der Waals surface area contributed by atoms with Crippen LogP contribution < -0.4 is 0 Å². The molecule has 0 bridgehead atoms. The van der Waals surface area contributed by atoms with Gasteiger partial charge in [0.1, 0.15) is 7.11 Å². The molecule has 0 aromatic carbocycles. The largest absolute Gasteiger partial charge is 0.412 e. The molecule has 1 fully saturated rings. The van der Waals surface area contributed by atoms with Gasteiger partial charge in [0.2, 0.25) is 0 Å². The van der Waals surface area contributed by atoms with Crippen LogP contribution in [0, 0.1) is 0 Å². The lowest BCUT2D eigenvalue weighted by atomic mass is 10.1. The summed E-state index contributed by atoms with van der Waals surface area (Å²) in [6.07, 6.45) is 1.53. The number of nitrogens with zero attached hydrogens (tertiary/aromatic N) is 1. The van der Waals surface area contributed by atoms with E-state index in [1.807, 2.05) is 6.92 Å². The lowest BCUT2D eigenvalue weighted by molar-refractivity contribution is -0.153. The highest BCUT2D eigenvalue weighted by molar-refractivity contribution is 5.85. The van der Waals surface area contributed by atoms with Crippen LogP contribution in [0.2, 0.25) is 0 Å². The van der Waals surface area contributed by atoms with E-state index in [4.69, 9.17) is 14.3 Å². The number of rotatable bonds is 2. The second-order valence-corrected chi connectivity index (χ2v) is 2.86. The van der Waals surface area contributed by atoms with Gasteiger partial charge in [0.25, 0.3) is 0 Å². The smallest absolute Gasteiger partial charge is 0.162 e. The molecule has 5 heteroatoms. The van der Waals surface area contributed by atoms with Crippen LogP contribution in [0.25, 0.3) is 0 Å². The molecule has 0 radical (unpaired) electrons. The molecule has 1 aliphatic heterocycles. The Labute approximate surface area is 78.0 Å². The number of methoxy groups -OCH3 is 1. The van der Waals surface area contributed by atoms with Crippen molar-refractivity contribution in [1.29, 1.82) is 0 Å². The van der Waals surface area contributed by atoms with Crippen LogP contribution in [0.15, 0.2) is 5.16 Å². The maximum Gasteiger partial charge on any atom is 0.162 e. The van der Waals surface area contributed by atoms with Gasteiger partial charge < -0.3 is 19.8 Å². The Morgan fingerprint density at radius 3 is 2.62 bits per heavy atom. The maximum absolute atomic E-state index is 5.45. The molecular formula is C8H17NO4. The molecule has 0 aromatic rings. The fourth-order valence-corrected chi connectivity index (χ4v) is 1.31. The summed E-state index contributed by atoms with van der Waals surface area (Å²) in [6, 6.07) is 0. The van der Waals surface area contributed by atoms with Crippen molar-refractivity contribution in [2.75, 3.05) is 14.2 Å². The number of hydrogen-bond acceptors (Lipinski definition) is 4. The Bertz CT molecular complexity index is 172. The van der Waals surface area contributed by atoms with Gasteiger partial charge in [0.15, 0.2) is 6.29 Å². The van der Waals surface area contributed by atoms with Gasteiger partial charge in [-0.15, -0.1) is 0 Å². The molecule has 1 aliphatic rings. The molecule has 1 unspecified atom stereocenters. The third-order valence-electron chi connectivity index (χ3n) is 1.79. The number of hydrogen-bond donors (Lipinski definition) is 0. The lowest BCUT2D eigenvalue weighted by Crippen LogP contribution is -2.32. The fraction of sp³-hybridized carbons (Fsp3) is 0.875. The highest BCUT2D eigenvalue weighted by atomic mass is 16.7. The Balaban J connectivity index is 0.00000144. The molecule has 0 saturated carbocycles. The first-order chi connectivity index (χ1) is 5.76. The highest BCUT2D eigenvalue weighted by Gasteiger charge is 2.23. The summed E-state index contributed by atoms with van der Waals surface area (Å²) >= 11 is 0. The van der Waals surface area contributed by atoms with Gasteiger partial charge in [-0.1, -0.05) is 5.16 Å². The molecule has 2 N–H and O–H groups in total. The van der Waals surface area contributed by atoms with Crippen LogP contribution in [-0.4, -0.2) is 37.8 Å². The van der Waals surface area contributed by atoms with Crippen molar-refractivity contribution in [2.24, 2.45) is 5.16 Å². The van der Waals surface area contributed by atoms with Crippen LogP contribution in [-0.2, 0) is 14.3 Å². The van der Waals surface area contributed by atoms with Crippen molar-refractivity contribution in [3.8, 4) is 0 Å².